The molecule has 1 aromatic rings. The SMILES string of the molecule is O=C1CN(C(=O)c2ccc(Cl)s2)CC(=O)N1. The van der Waals surface area contributed by atoms with Gasteiger partial charge in [0.2, 0.25) is 11.8 Å². The Morgan fingerprint density at radius 1 is 1.31 bits per heavy atom. The van der Waals surface area contributed by atoms with Crippen LogP contribution in [-0.2, 0) is 9.59 Å². The van der Waals surface area contributed by atoms with Crippen molar-refractivity contribution < 1.29 is 14.4 Å². The van der Waals surface area contributed by atoms with Gasteiger partial charge in [0, 0.05) is 0 Å². The monoisotopic (exact) mass is 258 g/mol. The Morgan fingerprint density at radius 3 is 2.44 bits per heavy atom. The summed E-state index contributed by atoms with van der Waals surface area (Å²) in [4.78, 5) is 35.6. The van der Waals surface area contributed by atoms with Gasteiger partial charge in [0.05, 0.1) is 9.21 Å². The summed E-state index contributed by atoms with van der Waals surface area (Å²) >= 11 is 6.83. The number of piperazine rings is 1. The first-order valence-corrected chi connectivity index (χ1v) is 5.63. The van der Waals surface area contributed by atoms with E-state index >= 15 is 0 Å². The van der Waals surface area contributed by atoms with Crippen LogP contribution in [0.15, 0.2) is 12.1 Å². The first-order chi connectivity index (χ1) is 7.56. The summed E-state index contributed by atoms with van der Waals surface area (Å²) in [6, 6.07) is 3.18. The second-order valence-corrected chi connectivity index (χ2v) is 4.95. The van der Waals surface area contributed by atoms with Gasteiger partial charge in [-0.25, -0.2) is 0 Å². The Balaban J connectivity index is 2.15. The van der Waals surface area contributed by atoms with E-state index in [1.165, 1.54) is 4.90 Å². The van der Waals surface area contributed by atoms with Crippen molar-refractivity contribution in [2.75, 3.05) is 13.1 Å². The molecule has 0 unspecified atom stereocenters. The van der Waals surface area contributed by atoms with Gasteiger partial charge < -0.3 is 4.90 Å². The van der Waals surface area contributed by atoms with Crippen LogP contribution in [0, 0.1) is 0 Å². The Labute approximate surface area is 100.0 Å². The molecular weight excluding hydrogens is 252 g/mol. The van der Waals surface area contributed by atoms with Crippen LogP contribution in [0.1, 0.15) is 9.67 Å². The number of amides is 3. The highest BCUT2D eigenvalue weighted by Crippen LogP contribution is 2.22. The van der Waals surface area contributed by atoms with E-state index in [0.29, 0.717) is 9.21 Å². The molecule has 1 saturated heterocycles. The maximum absolute atomic E-state index is 11.8. The van der Waals surface area contributed by atoms with Crippen LogP contribution in [-0.4, -0.2) is 35.7 Å². The maximum Gasteiger partial charge on any atom is 0.264 e. The molecule has 0 bridgehead atoms. The number of nitrogens with zero attached hydrogens (tertiary/aromatic N) is 1. The minimum atomic E-state index is -0.466. The van der Waals surface area contributed by atoms with Gasteiger partial charge in [0.25, 0.3) is 5.91 Å². The number of halogens is 1. The Bertz CT molecular complexity index is 455. The number of rotatable bonds is 1. The quantitative estimate of drug-likeness (QED) is 0.746. The van der Waals surface area contributed by atoms with E-state index in [1.54, 1.807) is 12.1 Å². The molecule has 5 nitrogen and oxygen atoms in total. The molecule has 3 amide bonds. The van der Waals surface area contributed by atoms with E-state index in [0.717, 1.165) is 11.3 Å². The average Bonchev–Trinajstić information content (AvgIpc) is 2.62. The zero-order chi connectivity index (χ0) is 11.7. The number of carbonyl (C=O) groups is 3. The van der Waals surface area contributed by atoms with E-state index in [9.17, 15) is 14.4 Å². The minimum Gasteiger partial charge on any atom is -0.319 e. The van der Waals surface area contributed by atoms with Gasteiger partial charge in [-0.15, -0.1) is 11.3 Å². The first kappa shape index (κ1) is 11.1. The zero-order valence-electron chi connectivity index (χ0n) is 8.03. The largest absolute Gasteiger partial charge is 0.319 e. The standard InChI is InChI=1S/C9H7ClN2O3S/c10-6-2-1-5(16-6)9(15)12-3-7(13)11-8(14)4-12/h1-2H,3-4H2,(H,11,13,14). The number of hydrogen-bond acceptors (Lipinski definition) is 4. The Kier molecular flexibility index (Phi) is 2.93. The molecule has 7 heteroatoms. The second-order valence-electron chi connectivity index (χ2n) is 3.24. The lowest BCUT2D eigenvalue weighted by molar-refractivity contribution is -0.135. The number of thiophene rings is 1. The van der Waals surface area contributed by atoms with Crippen molar-refractivity contribution in [3.8, 4) is 0 Å². The minimum absolute atomic E-state index is 0.0971. The van der Waals surface area contributed by atoms with Crippen LogP contribution in [0.2, 0.25) is 4.34 Å². The molecule has 1 aromatic heterocycles. The molecule has 84 valence electrons. The van der Waals surface area contributed by atoms with Gasteiger partial charge in [0.15, 0.2) is 0 Å². The Morgan fingerprint density at radius 2 is 1.94 bits per heavy atom. The van der Waals surface area contributed by atoms with Crippen molar-refractivity contribution in [3.05, 3.63) is 21.3 Å². The van der Waals surface area contributed by atoms with Gasteiger partial charge in [-0.2, -0.15) is 0 Å². The van der Waals surface area contributed by atoms with Crippen molar-refractivity contribution in [2.24, 2.45) is 0 Å². The molecule has 0 spiro atoms. The molecule has 0 radical (unpaired) electrons. The molecule has 1 fully saturated rings. The van der Waals surface area contributed by atoms with Crippen LogP contribution < -0.4 is 5.32 Å². The van der Waals surface area contributed by atoms with Crippen molar-refractivity contribution in [2.45, 2.75) is 0 Å². The van der Waals surface area contributed by atoms with Crippen LogP contribution in [0.3, 0.4) is 0 Å². The number of carbonyl (C=O) groups excluding carboxylic acids is 3. The van der Waals surface area contributed by atoms with E-state index in [2.05, 4.69) is 5.32 Å². The van der Waals surface area contributed by atoms with E-state index in [1.807, 2.05) is 0 Å². The molecule has 0 saturated carbocycles. The fourth-order valence-electron chi connectivity index (χ4n) is 1.37. The lowest BCUT2D eigenvalue weighted by Gasteiger charge is -2.24. The fraction of sp³-hybridized carbons (Fsp3) is 0.222. The number of hydrogen-bond donors (Lipinski definition) is 1. The van der Waals surface area contributed by atoms with Crippen molar-refractivity contribution in [3.63, 3.8) is 0 Å². The van der Waals surface area contributed by atoms with Gasteiger partial charge in [-0.3, -0.25) is 19.7 Å². The fourth-order valence-corrected chi connectivity index (χ4v) is 2.38. The molecule has 2 heterocycles. The normalized spacial score (nSPS) is 16.2. The lowest BCUT2D eigenvalue weighted by Crippen LogP contribution is -2.53. The molecular formula is C9H7ClN2O3S. The third-order valence-corrected chi connectivity index (χ3v) is 3.24. The molecule has 1 aliphatic heterocycles. The van der Waals surface area contributed by atoms with E-state index in [-0.39, 0.29) is 19.0 Å². The second kappa shape index (κ2) is 4.23. The number of nitrogens with one attached hydrogen (secondary N) is 1. The zero-order valence-corrected chi connectivity index (χ0v) is 9.60. The highest BCUT2D eigenvalue weighted by molar-refractivity contribution is 7.17. The predicted octanol–water partition coefficient (Wildman–Crippen LogP) is 0.500. The molecule has 0 atom stereocenters. The first-order valence-electron chi connectivity index (χ1n) is 4.43. The summed E-state index contributed by atoms with van der Waals surface area (Å²) in [5.41, 5.74) is 0. The van der Waals surface area contributed by atoms with Gasteiger partial charge >= 0.3 is 0 Å². The highest BCUT2D eigenvalue weighted by atomic mass is 35.5. The summed E-state index contributed by atoms with van der Waals surface area (Å²) in [6.07, 6.45) is 0. The summed E-state index contributed by atoms with van der Waals surface area (Å²) in [6.45, 7) is -0.194. The number of imide groups is 1. The summed E-state index contributed by atoms with van der Waals surface area (Å²) < 4.78 is 0.496. The summed E-state index contributed by atoms with van der Waals surface area (Å²) in [7, 11) is 0. The Hall–Kier alpha value is -1.40. The molecule has 0 aliphatic carbocycles. The van der Waals surface area contributed by atoms with E-state index < -0.39 is 11.8 Å². The van der Waals surface area contributed by atoms with Crippen LogP contribution in [0.25, 0.3) is 0 Å². The van der Waals surface area contributed by atoms with Crippen molar-refractivity contribution >= 4 is 40.7 Å². The third-order valence-electron chi connectivity index (χ3n) is 2.02. The molecule has 2 rings (SSSR count). The molecule has 1 aliphatic rings. The predicted molar refractivity (Wildman–Crippen MR) is 58.4 cm³/mol. The van der Waals surface area contributed by atoms with Crippen LogP contribution in [0.5, 0.6) is 0 Å². The van der Waals surface area contributed by atoms with Gasteiger partial charge in [-0.1, -0.05) is 11.6 Å². The molecule has 1 N–H and O–H groups in total. The highest BCUT2D eigenvalue weighted by Gasteiger charge is 2.27. The maximum atomic E-state index is 11.8. The van der Waals surface area contributed by atoms with Crippen LogP contribution in [0.4, 0.5) is 0 Å². The van der Waals surface area contributed by atoms with E-state index in [4.69, 9.17) is 11.6 Å². The topological polar surface area (TPSA) is 66.5 Å². The van der Waals surface area contributed by atoms with Gasteiger partial charge in [-0.05, 0) is 12.1 Å². The molecule has 0 aromatic carbocycles. The van der Waals surface area contributed by atoms with Crippen molar-refractivity contribution in [1.82, 2.24) is 10.2 Å². The van der Waals surface area contributed by atoms with Crippen molar-refractivity contribution in [1.29, 1.82) is 0 Å². The lowest BCUT2D eigenvalue weighted by atomic mass is 10.3. The summed E-state index contributed by atoms with van der Waals surface area (Å²) in [5.74, 6) is -1.28. The van der Waals surface area contributed by atoms with Gasteiger partial charge in [0.1, 0.15) is 13.1 Å². The average molecular weight is 259 g/mol. The molecule has 16 heavy (non-hydrogen) atoms. The summed E-state index contributed by atoms with van der Waals surface area (Å²) in [5, 5.41) is 2.13. The smallest absolute Gasteiger partial charge is 0.264 e. The third kappa shape index (κ3) is 2.23. The van der Waals surface area contributed by atoms with Crippen LogP contribution >= 0.6 is 22.9 Å².